The van der Waals surface area contributed by atoms with Crippen molar-refractivity contribution < 1.29 is 27.3 Å². The summed E-state index contributed by atoms with van der Waals surface area (Å²) in [6.07, 6.45) is -4.60. The maximum atomic E-state index is 13.2. The van der Waals surface area contributed by atoms with Gasteiger partial charge in [0.2, 0.25) is 11.8 Å². The van der Waals surface area contributed by atoms with E-state index >= 15 is 0 Å². The summed E-state index contributed by atoms with van der Waals surface area (Å²) in [7, 11) is 0. The molecule has 0 bridgehead atoms. The molecule has 1 aromatic heterocycles. The SMILES string of the molecule is Cc1cc(NC(=O)[C@H](C)N2CCN(C(=O)c3ccccc3C(F)(F)F)CC2)on1. The van der Waals surface area contributed by atoms with E-state index in [0.29, 0.717) is 18.8 Å². The molecule has 1 aromatic carbocycles. The van der Waals surface area contributed by atoms with Gasteiger partial charge in [-0.1, -0.05) is 17.3 Å². The Bertz CT molecular complexity index is 889. The van der Waals surface area contributed by atoms with Crippen molar-refractivity contribution in [2.24, 2.45) is 0 Å². The fourth-order valence-electron chi connectivity index (χ4n) is 3.21. The van der Waals surface area contributed by atoms with Gasteiger partial charge in [0.15, 0.2) is 0 Å². The Labute approximate surface area is 165 Å². The third kappa shape index (κ3) is 4.76. The Morgan fingerprint density at radius 1 is 1.17 bits per heavy atom. The summed E-state index contributed by atoms with van der Waals surface area (Å²) in [5.41, 5.74) is -0.665. The molecule has 2 amide bonds. The molecule has 3 rings (SSSR count). The minimum atomic E-state index is -4.60. The van der Waals surface area contributed by atoms with Gasteiger partial charge in [-0.15, -0.1) is 0 Å². The first kappa shape index (κ1) is 20.8. The fourth-order valence-corrected chi connectivity index (χ4v) is 3.21. The van der Waals surface area contributed by atoms with Crippen molar-refractivity contribution in [1.82, 2.24) is 15.0 Å². The quantitative estimate of drug-likeness (QED) is 0.839. The Morgan fingerprint density at radius 3 is 2.41 bits per heavy atom. The molecule has 2 aromatic rings. The van der Waals surface area contributed by atoms with Gasteiger partial charge in [-0.25, -0.2) is 0 Å². The van der Waals surface area contributed by atoms with Crippen molar-refractivity contribution in [3.8, 4) is 0 Å². The number of amides is 2. The highest BCUT2D eigenvalue weighted by Gasteiger charge is 2.36. The Morgan fingerprint density at radius 2 is 1.83 bits per heavy atom. The number of piperazine rings is 1. The zero-order chi connectivity index (χ0) is 21.2. The highest BCUT2D eigenvalue weighted by atomic mass is 19.4. The molecule has 1 fully saturated rings. The van der Waals surface area contributed by atoms with Crippen molar-refractivity contribution in [3.05, 3.63) is 47.2 Å². The summed E-state index contributed by atoms with van der Waals surface area (Å²) in [5.74, 6) is -0.702. The molecule has 29 heavy (non-hydrogen) atoms. The van der Waals surface area contributed by atoms with E-state index in [1.54, 1.807) is 19.9 Å². The average molecular weight is 410 g/mol. The molecule has 2 heterocycles. The second kappa shape index (κ2) is 8.24. The van der Waals surface area contributed by atoms with Crippen molar-refractivity contribution in [3.63, 3.8) is 0 Å². The number of carbonyl (C=O) groups is 2. The average Bonchev–Trinajstić information content (AvgIpc) is 3.11. The summed E-state index contributed by atoms with van der Waals surface area (Å²) in [4.78, 5) is 28.2. The van der Waals surface area contributed by atoms with Crippen LogP contribution in [0.2, 0.25) is 0 Å². The van der Waals surface area contributed by atoms with Crippen molar-refractivity contribution in [2.45, 2.75) is 26.1 Å². The number of aromatic nitrogens is 1. The monoisotopic (exact) mass is 410 g/mol. The molecule has 1 aliphatic heterocycles. The second-order valence-electron chi connectivity index (χ2n) is 6.87. The summed E-state index contributed by atoms with van der Waals surface area (Å²) < 4.78 is 44.5. The van der Waals surface area contributed by atoms with Gasteiger partial charge in [0.1, 0.15) is 0 Å². The number of benzene rings is 1. The number of nitrogens with one attached hydrogen (secondary N) is 1. The van der Waals surface area contributed by atoms with Crippen LogP contribution in [0.4, 0.5) is 19.1 Å². The number of anilines is 1. The first-order valence-electron chi connectivity index (χ1n) is 9.10. The minimum Gasteiger partial charge on any atom is -0.338 e. The topological polar surface area (TPSA) is 78.7 Å². The molecule has 0 spiro atoms. The number of hydrogen-bond acceptors (Lipinski definition) is 5. The molecule has 7 nitrogen and oxygen atoms in total. The molecule has 1 N–H and O–H groups in total. The molecule has 1 aliphatic rings. The van der Waals surface area contributed by atoms with Gasteiger partial charge in [0.05, 0.1) is 22.9 Å². The van der Waals surface area contributed by atoms with Crippen LogP contribution in [0, 0.1) is 6.92 Å². The predicted molar refractivity (Wildman–Crippen MR) is 98.3 cm³/mol. The van der Waals surface area contributed by atoms with E-state index in [-0.39, 0.29) is 30.4 Å². The summed E-state index contributed by atoms with van der Waals surface area (Å²) >= 11 is 0. The zero-order valence-electron chi connectivity index (χ0n) is 16.0. The van der Waals surface area contributed by atoms with E-state index in [1.807, 2.05) is 4.90 Å². The van der Waals surface area contributed by atoms with Gasteiger partial charge in [0, 0.05) is 32.2 Å². The number of nitrogens with zero attached hydrogens (tertiary/aromatic N) is 3. The van der Waals surface area contributed by atoms with Crippen molar-refractivity contribution in [2.75, 3.05) is 31.5 Å². The zero-order valence-corrected chi connectivity index (χ0v) is 16.0. The van der Waals surface area contributed by atoms with Gasteiger partial charge in [-0.2, -0.15) is 13.2 Å². The summed E-state index contributed by atoms with van der Waals surface area (Å²) in [5, 5.41) is 6.32. The lowest BCUT2D eigenvalue weighted by atomic mass is 10.1. The van der Waals surface area contributed by atoms with Crippen LogP contribution in [0.1, 0.15) is 28.5 Å². The van der Waals surface area contributed by atoms with Crippen LogP contribution in [0.15, 0.2) is 34.9 Å². The molecule has 10 heteroatoms. The molecule has 0 saturated carbocycles. The molecular weight excluding hydrogens is 389 g/mol. The molecule has 0 aliphatic carbocycles. The summed E-state index contributed by atoms with van der Waals surface area (Å²) in [6.45, 7) is 4.63. The lowest BCUT2D eigenvalue weighted by Gasteiger charge is -2.37. The third-order valence-electron chi connectivity index (χ3n) is 4.87. The largest absolute Gasteiger partial charge is 0.417 e. The van der Waals surface area contributed by atoms with Crippen molar-refractivity contribution in [1.29, 1.82) is 0 Å². The van der Waals surface area contributed by atoms with Crippen LogP contribution in [0.5, 0.6) is 0 Å². The third-order valence-corrected chi connectivity index (χ3v) is 4.87. The van der Waals surface area contributed by atoms with Crippen LogP contribution in [0.3, 0.4) is 0 Å². The first-order valence-corrected chi connectivity index (χ1v) is 9.10. The highest BCUT2D eigenvalue weighted by Crippen LogP contribution is 2.32. The molecule has 0 radical (unpaired) electrons. The summed E-state index contributed by atoms with van der Waals surface area (Å²) in [6, 6.07) is 5.86. The molecule has 0 unspecified atom stereocenters. The first-order chi connectivity index (χ1) is 13.7. The Hall–Kier alpha value is -2.88. The number of alkyl halides is 3. The van der Waals surface area contributed by atoms with Gasteiger partial charge in [-0.05, 0) is 26.0 Å². The van der Waals surface area contributed by atoms with E-state index in [2.05, 4.69) is 10.5 Å². The molecular formula is C19H21F3N4O3. The number of aryl methyl sites for hydroxylation is 1. The second-order valence-corrected chi connectivity index (χ2v) is 6.87. The van der Waals surface area contributed by atoms with Crippen LogP contribution in [-0.2, 0) is 11.0 Å². The van der Waals surface area contributed by atoms with Gasteiger partial charge in [-0.3, -0.25) is 19.8 Å². The number of hydrogen-bond donors (Lipinski definition) is 1. The van der Waals surface area contributed by atoms with E-state index < -0.39 is 23.7 Å². The van der Waals surface area contributed by atoms with E-state index in [1.165, 1.54) is 23.1 Å². The Balaban J connectivity index is 1.60. The maximum Gasteiger partial charge on any atom is 0.417 e. The van der Waals surface area contributed by atoms with E-state index in [9.17, 15) is 22.8 Å². The minimum absolute atomic E-state index is 0.226. The van der Waals surface area contributed by atoms with Crippen LogP contribution in [0.25, 0.3) is 0 Å². The normalized spacial score (nSPS) is 16.5. The Kier molecular flexibility index (Phi) is 5.92. The molecule has 156 valence electrons. The van der Waals surface area contributed by atoms with Crippen LogP contribution >= 0.6 is 0 Å². The maximum absolute atomic E-state index is 13.2. The lowest BCUT2D eigenvalue weighted by Crippen LogP contribution is -2.54. The van der Waals surface area contributed by atoms with Gasteiger partial charge in [0.25, 0.3) is 5.91 Å². The van der Waals surface area contributed by atoms with Crippen LogP contribution in [-0.4, -0.2) is 59.0 Å². The van der Waals surface area contributed by atoms with E-state index in [0.717, 1.165) is 6.07 Å². The smallest absolute Gasteiger partial charge is 0.338 e. The van der Waals surface area contributed by atoms with Crippen molar-refractivity contribution >= 4 is 17.7 Å². The fraction of sp³-hybridized carbons (Fsp3) is 0.421. The van der Waals surface area contributed by atoms with Gasteiger partial charge < -0.3 is 9.42 Å². The lowest BCUT2D eigenvalue weighted by molar-refractivity contribution is -0.138. The van der Waals surface area contributed by atoms with E-state index in [4.69, 9.17) is 4.52 Å². The standard InChI is InChI=1S/C19H21F3N4O3/c1-12-11-16(29-24-12)23-17(27)13(2)25-7-9-26(10-8-25)18(28)14-5-3-4-6-15(14)19(20,21)22/h3-6,11,13H,7-10H2,1-2H3,(H,23,27)/t13-/m0/s1. The number of carbonyl (C=O) groups excluding carboxylic acids is 2. The number of halogens is 3. The number of rotatable bonds is 4. The van der Waals surface area contributed by atoms with Crippen LogP contribution < -0.4 is 5.32 Å². The highest BCUT2D eigenvalue weighted by molar-refractivity contribution is 5.96. The van der Waals surface area contributed by atoms with Gasteiger partial charge >= 0.3 is 6.18 Å². The molecule has 1 atom stereocenters. The molecule has 1 saturated heterocycles. The predicted octanol–water partition coefficient (Wildman–Crippen LogP) is 2.79.